The lowest BCUT2D eigenvalue weighted by Gasteiger charge is -2.14. The van der Waals surface area contributed by atoms with E-state index in [2.05, 4.69) is 10.6 Å². The van der Waals surface area contributed by atoms with Gasteiger partial charge in [-0.25, -0.2) is 0 Å². The average Bonchev–Trinajstić information content (AvgIpc) is 2.60. The largest absolute Gasteiger partial charge is 0.373 e. The molecule has 0 radical (unpaired) electrons. The highest BCUT2D eigenvalue weighted by atomic mass is 32.1. The molecule has 1 saturated heterocycles. The van der Waals surface area contributed by atoms with E-state index < -0.39 is 0 Å². The van der Waals surface area contributed by atoms with Crippen LogP contribution in [0.25, 0.3) is 0 Å². The minimum Gasteiger partial charge on any atom is -0.373 e. The second-order valence-corrected chi connectivity index (χ2v) is 4.28. The van der Waals surface area contributed by atoms with E-state index in [1.807, 2.05) is 16.8 Å². The van der Waals surface area contributed by atoms with Gasteiger partial charge in [0.25, 0.3) is 0 Å². The molecule has 4 heteroatoms. The number of carbonyl (C=O) groups excluding carboxylic acids is 1. The minimum atomic E-state index is -0.0490. The van der Waals surface area contributed by atoms with E-state index in [-0.39, 0.29) is 11.9 Å². The number of thiophene rings is 1. The summed E-state index contributed by atoms with van der Waals surface area (Å²) in [7, 11) is 0. The number of rotatable bonds is 2. The lowest BCUT2D eigenvalue weighted by atomic mass is 10.1. The van der Waals surface area contributed by atoms with Crippen LogP contribution in [0.4, 0.5) is 5.69 Å². The van der Waals surface area contributed by atoms with Crippen molar-refractivity contribution in [2.24, 2.45) is 0 Å². The van der Waals surface area contributed by atoms with Crippen molar-refractivity contribution in [3.05, 3.63) is 16.8 Å². The maximum absolute atomic E-state index is 11.6. The Morgan fingerprint density at radius 2 is 2.43 bits per heavy atom. The van der Waals surface area contributed by atoms with Crippen LogP contribution in [0.2, 0.25) is 0 Å². The van der Waals surface area contributed by atoms with Crippen LogP contribution >= 0.6 is 11.3 Å². The van der Waals surface area contributed by atoms with Gasteiger partial charge in [0, 0.05) is 17.6 Å². The standard InChI is InChI=1S/C10H14N2OS/c13-10-9(3-1-2-5-11-10)12-8-4-6-14-7-8/h4,6-7,9,12H,1-3,5H2,(H,11,13). The van der Waals surface area contributed by atoms with Gasteiger partial charge in [-0.1, -0.05) is 0 Å². The second-order valence-electron chi connectivity index (χ2n) is 3.50. The Kier molecular flexibility index (Phi) is 3.03. The fourth-order valence-electron chi connectivity index (χ4n) is 1.62. The summed E-state index contributed by atoms with van der Waals surface area (Å²) in [5.74, 6) is 0.133. The van der Waals surface area contributed by atoms with E-state index in [9.17, 15) is 4.79 Å². The molecule has 1 aliphatic rings. The zero-order valence-electron chi connectivity index (χ0n) is 7.95. The van der Waals surface area contributed by atoms with Crippen LogP contribution in [0.5, 0.6) is 0 Å². The Labute approximate surface area is 87.5 Å². The van der Waals surface area contributed by atoms with Crippen LogP contribution in [-0.2, 0) is 4.79 Å². The van der Waals surface area contributed by atoms with Crippen molar-refractivity contribution >= 4 is 22.9 Å². The molecule has 1 amide bonds. The molecule has 0 aliphatic carbocycles. The van der Waals surface area contributed by atoms with Crippen molar-refractivity contribution in [2.75, 3.05) is 11.9 Å². The smallest absolute Gasteiger partial charge is 0.242 e. The minimum absolute atomic E-state index is 0.0490. The molecule has 76 valence electrons. The molecule has 0 bridgehead atoms. The highest BCUT2D eigenvalue weighted by Crippen LogP contribution is 2.16. The van der Waals surface area contributed by atoms with Gasteiger partial charge in [0.05, 0.1) is 0 Å². The highest BCUT2D eigenvalue weighted by Gasteiger charge is 2.19. The summed E-state index contributed by atoms with van der Waals surface area (Å²) in [5.41, 5.74) is 1.05. The van der Waals surface area contributed by atoms with Crippen molar-refractivity contribution in [1.29, 1.82) is 0 Å². The quantitative estimate of drug-likeness (QED) is 0.782. The summed E-state index contributed by atoms with van der Waals surface area (Å²) in [6, 6.07) is 1.95. The van der Waals surface area contributed by atoms with Gasteiger partial charge in [-0.15, -0.1) is 0 Å². The Bertz CT molecular complexity index is 297. The van der Waals surface area contributed by atoms with Gasteiger partial charge in [-0.2, -0.15) is 11.3 Å². The summed E-state index contributed by atoms with van der Waals surface area (Å²) in [4.78, 5) is 11.6. The predicted molar refractivity (Wildman–Crippen MR) is 58.6 cm³/mol. The molecule has 1 unspecified atom stereocenters. The van der Waals surface area contributed by atoms with Crippen molar-refractivity contribution in [1.82, 2.24) is 5.32 Å². The zero-order valence-corrected chi connectivity index (χ0v) is 8.77. The topological polar surface area (TPSA) is 41.1 Å². The van der Waals surface area contributed by atoms with E-state index in [0.717, 1.165) is 31.5 Å². The number of hydrogen-bond donors (Lipinski definition) is 2. The average molecular weight is 210 g/mol. The van der Waals surface area contributed by atoms with Crippen molar-refractivity contribution in [3.63, 3.8) is 0 Å². The predicted octanol–water partition coefficient (Wildman–Crippen LogP) is 1.83. The third-order valence-electron chi connectivity index (χ3n) is 2.40. The van der Waals surface area contributed by atoms with Crippen LogP contribution in [-0.4, -0.2) is 18.5 Å². The lowest BCUT2D eigenvalue weighted by Crippen LogP contribution is -2.37. The van der Waals surface area contributed by atoms with E-state index in [1.165, 1.54) is 0 Å². The fourth-order valence-corrected chi connectivity index (χ4v) is 2.22. The molecule has 3 nitrogen and oxygen atoms in total. The molecule has 1 aliphatic heterocycles. The molecule has 1 fully saturated rings. The van der Waals surface area contributed by atoms with Gasteiger partial charge in [-0.05, 0) is 30.7 Å². The number of anilines is 1. The summed E-state index contributed by atoms with van der Waals surface area (Å²) >= 11 is 1.64. The molecule has 1 atom stereocenters. The first-order valence-corrected chi connectivity index (χ1v) is 5.87. The number of amides is 1. The highest BCUT2D eigenvalue weighted by molar-refractivity contribution is 7.08. The molecule has 0 saturated carbocycles. The third kappa shape index (κ3) is 2.26. The number of hydrogen-bond acceptors (Lipinski definition) is 3. The SMILES string of the molecule is O=C1NCCCCC1Nc1ccsc1. The molecule has 2 rings (SSSR count). The van der Waals surface area contributed by atoms with Crippen LogP contribution in [0, 0.1) is 0 Å². The number of nitrogens with one attached hydrogen (secondary N) is 2. The summed E-state index contributed by atoms with van der Waals surface area (Å²) in [6.07, 6.45) is 3.13. The summed E-state index contributed by atoms with van der Waals surface area (Å²) in [6.45, 7) is 0.820. The van der Waals surface area contributed by atoms with Crippen LogP contribution in [0.15, 0.2) is 16.8 Å². The fraction of sp³-hybridized carbons (Fsp3) is 0.500. The Morgan fingerprint density at radius 1 is 1.50 bits per heavy atom. The molecule has 1 aromatic rings. The normalized spacial score (nSPS) is 22.6. The summed E-state index contributed by atoms with van der Waals surface area (Å²) in [5, 5.41) is 10.2. The molecule has 2 heterocycles. The van der Waals surface area contributed by atoms with Gasteiger partial charge < -0.3 is 10.6 Å². The van der Waals surface area contributed by atoms with Crippen LogP contribution in [0.3, 0.4) is 0 Å². The first kappa shape index (κ1) is 9.52. The molecular weight excluding hydrogens is 196 g/mol. The van der Waals surface area contributed by atoms with E-state index in [4.69, 9.17) is 0 Å². The Balaban J connectivity index is 1.98. The first-order chi connectivity index (χ1) is 6.86. The monoisotopic (exact) mass is 210 g/mol. The lowest BCUT2D eigenvalue weighted by molar-refractivity contribution is -0.121. The van der Waals surface area contributed by atoms with Gasteiger partial charge in [0.1, 0.15) is 6.04 Å². The maximum atomic E-state index is 11.6. The molecule has 14 heavy (non-hydrogen) atoms. The van der Waals surface area contributed by atoms with Crippen LogP contribution in [0.1, 0.15) is 19.3 Å². The van der Waals surface area contributed by atoms with Crippen molar-refractivity contribution in [2.45, 2.75) is 25.3 Å². The van der Waals surface area contributed by atoms with Gasteiger partial charge in [0.15, 0.2) is 0 Å². The van der Waals surface area contributed by atoms with E-state index in [0.29, 0.717) is 0 Å². The molecule has 2 N–H and O–H groups in total. The first-order valence-electron chi connectivity index (χ1n) is 4.93. The summed E-state index contributed by atoms with van der Waals surface area (Å²) < 4.78 is 0. The van der Waals surface area contributed by atoms with Gasteiger partial charge in [0.2, 0.25) is 5.91 Å². The molecule has 1 aromatic heterocycles. The van der Waals surface area contributed by atoms with E-state index >= 15 is 0 Å². The van der Waals surface area contributed by atoms with Gasteiger partial charge in [-0.3, -0.25) is 4.79 Å². The van der Waals surface area contributed by atoms with Crippen molar-refractivity contribution < 1.29 is 4.79 Å². The van der Waals surface area contributed by atoms with Gasteiger partial charge >= 0.3 is 0 Å². The molecule has 0 aromatic carbocycles. The second kappa shape index (κ2) is 4.46. The van der Waals surface area contributed by atoms with Crippen molar-refractivity contribution in [3.8, 4) is 0 Å². The maximum Gasteiger partial charge on any atom is 0.242 e. The third-order valence-corrected chi connectivity index (χ3v) is 3.08. The Morgan fingerprint density at radius 3 is 3.21 bits per heavy atom. The zero-order chi connectivity index (χ0) is 9.80. The van der Waals surface area contributed by atoms with E-state index in [1.54, 1.807) is 11.3 Å². The number of carbonyl (C=O) groups is 1. The molecule has 0 spiro atoms. The molecular formula is C10H14N2OS. The van der Waals surface area contributed by atoms with Crippen LogP contribution < -0.4 is 10.6 Å². The Hall–Kier alpha value is -1.03.